The van der Waals surface area contributed by atoms with Crippen LogP contribution in [-0.2, 0) is 25.7 Å². The topological polar surface area (TPSA) is 0 Å². The van der Waals surface area contributed by atoms with Crippen LogP contribution >= 0.6 is 90.7 Å². The third-order valence-corrected chi connectivity index (χ3v) is 24.4. The molecule has 0 saturated heterocycles. The summed E-state index contributed by atoms with van der Waals surface area (Å²) in [6.07, 6.45) is 25.6. The smallest absolute Gasteiger partial charge is 0.0449 e. The Hall–Kier alpha value is -3.96. The Labute approximate surface area is 487 Å². The Balaban J connectivity index is 1.05. The third kappa shape index (κ3) is 14.1. The highest BCUT2D eigenvalue weighted by atomic mass is 32.1. The molecule has 0 nitrogen and oxygen atoms in total. The minimum absolute atomic E-state index is 1.18. The molecular weight excluding hydrogens is 1070 g/mol. The van der Waals surface area contributed by atoms with Crippen molar-refractivity contribution in [1.82, 2.24) is 0 Å². The van der Waals surface area contributed by atoms with E-state index in [0.29, 0.717) is 0 Å². The summed E-state index contributed by atoms with van der Waals surface area (Å²) in [5.74, 6) is 0. The van der Waals surface area contributed by atoms with Crippen LogP contribution in [0.25, 0.3) is 91.9 Å². The molecule has 0 radical (unpaired) electrons. The molecule has 0 amide bonds. The lowest BCUT2D eigenvalue weighted by molar-refractivity contribution is 0.670. The van der Waals surface area contributed by atoms with Gasteiger partial charge in [0.15, 0.2) is 0 Å². The monoisotopic (exact) mass is 1150 g/mol. The molecule has 0 spiro atoms. The lowest BCUT2D eigenvalue weighted by Crippen LogP contribution is -1.90. The molecule has 8 heterocycles. The van der Waals surface area contributed by atoms with Gasteiger partial charge in [-0.3, -0.25) is 0 Å². The van der Waals surface area contributed by atoms with E-state index in [2.05, 4.69) is 161 Å². The Morgan fingerprint density at radius 2 is 0.461 bits per heavy atom. The van der Waals surface area contributed by atoms with Gasteiger partial charge in [0.2, 0.25) is 0 Å². The van der Waals surface area contributed by atoms with Crippen LogP contribution in [0.1, 0.15) is 150 Å². The average Bonchev–Trinajstić information content (AvgIpc) is 4.30. The summed E-state index contributed by atoms with van der Waals surface area (Å²) in [6, 6.07) is 52.7. The maximum absolute atomic E-state index is 2.53. The molecule has 8 aromatic heterocycles. The summed E-state index contributed by atoms with van der Waals surface area (Å²) in [6.45, 7) is 9.20. The molecule has 10 aromatic rings. The van der Waals surface area contributed by atoms with Crippen LogP contribution in [0.5, 0.6) is 0 Å². The van der Waals surface area contributed by atoms with Gasteiger partial charge in [-0.05, 0) is 194 Å². The molecule has 0 saturated carbocycles. The molecule has 0 aliphatic carbocycles. The van der Waals surface area contributed by atoms with Crippen LogP contribution in [0.4, 0.5) is 0 Å². The number of benzene rings is 2. The van der Waals surface area contributed by atoms with Gasteiger partial charge in [-0.15, -0.1) is 90.7 Å². The fourth-order valence-corrected chi connectivity index (χ4v) is 18.9. The van der Waals surface area contributed by atoms with E-state index in [4.69, 9.17) is 0 Å². The number of hydrogen-bond donors (Lipinski definition) is 0. The van der Waals surface area contributed by atoms with Crippen molar-refractivity contribution in [2.45, 2.75) is 156 Å². The quantitative estimate of drug-likeness (QED) is 0.0410. The van der Waals surface area contributed by atoms with E-state index >= 15 is 0 Å². The van der Waals surface area contributed by atoms with Crippen LogP contribution in [0.3, 0.4) is 0 Å². The van der Waals surface area contributed by atoms with E-state index in [1.807, 2.05) is 90.7 Å². The van der Waals surface area contributed by atoms with Crippen molar-refractivity contribution in [3.63, 3.8) is 0 Å². The van der Waals surface area contributed by atoms with E-state index in [-0.39, 0.29) is 0 Å². The van der Waals surface area contributed by atoms with Crippen LogP contribution in [0.15, 0.2) is 133 Å². The predicted octanol–water partition coefficient (Wildman–Crippen LogP) is 25.7. The first kappa shape index (κ1) is 55.4. The average molecular weight is 1150 g/mol. The second-order valence-electron chi connectivity index (χ2n) is 20.5. The van der Waals surface area contributed by atoms with E-state index in [9.17, 15) is 0 Å². The summed E-state index contributed by atoms with van der Waals surface area (Å²) in [5, 5.41) is 0. The number of unbranched alkanes of at least 4 members (excludes halogenated alkanes) is 12. The number of rotatable bonds is 29. The molecule has 0 unspecified atom stereocenters. The van der Waals surface area contributed by atoms with Crippen molar-refractivity contribution >= 4 is 90.7 Å². The van der Waals surface area contributed by atoms with Gasteiger partial charge in [0.1, 0.15) is 0 Å². The van der Waals surface area contributed by atoms with Gasteiger partial charge in [0, 0.05) is 78.0 Å². The molecule has 0 N–H and O–H groups in total. The number of thiophene rings is 8. The van der Waals surface area contributed by atoms with Crippen LogP contribution in [0, 0.1) is 0 Å². The third-order valence-electron chi connectivity index (χ3n) is 14.6. The molecule has 76 heavy (non-hydrogen) atoms. The summed E-state index contributed by atoms with van der Waals surface area (Å²) in [4.78, 5) is 22.3. The SMILES string of the molecule is CCCCCCc1ccc(-c2ccc(-c3ccc(-c4ccc(-c5ccc(CCCCCC)s5)s4)c(-c4cc(-c5ccc(-c6ccc(CCCCCC)s6)s5)ccc4-c4ccc(-c5ccc(CCCCCC)s5)s4)c3)s2)s1. The zero-order chi connectivity index (χ0) is 52.1. The number of aryl methyl sites for hydroxylation is 4. The normalized spacial score (nSPS) is 11.7. The zero-order valence-electron chi connectivity index (χ0n) is 45.1. The van der Waals surface area contributed by atoms with E-state index in [0.717, 1.165) is 0 Å². The Kier molecular flexibility index (Phi) is 20.2. The molecule has 0 bridgehead atoms. The molecular formula is C68H74S8. The second-order valence-corrected chi connectivity index (χ2v) is 29.5. The zero-order valence-corrected chi connectivity index (χ0v) is 51.6. The molecule has 8 heteroatoms. The van der Waals surface area contributed by atoms with Gasteiger partial charge < -0.3 is 0 Å². The first-order valence-electron chi connectivity index (χ1n) is 28.5. The van der Waals surface area contributed by atoms with Gasteiger partial charge >= 0.3 is 0 Å². The molecule has 0 atom stereocenters. The fourth-order valence-electron chi connectivity index (χ4n) is 10.2. The first-order chi connectivity index (χ1) is 37.5. The minimum Gasteiger partial charge on any atom is -0.139 e. The van der Waals surface area contributed by atoms with Gasteiger partial charge in [-0.1, -0.05) is 129 Å². The predicted molar refractivity (Wildman–Crippen MR) is 350 cm³/mol. The van der Waals surface area contributed by atoms with E-state index < -0.39 is 0 Å². The summed E-state index contributed by atoms with van der Waals surface area (Å²) in [7, 11) is 0. The van der Waals surface area contributed by atoms with Crippen molar-refractivity contribution in [2.24, 2.45) is 0 Å². The highest BCUT2D eigenvalue weighted by Crippen LogP contribution is 2.50. The Morgan fingerprint density at radius 1 is 0.211 bits per heavy atom. The fraction of sp³-hybridized carbons (Fsp3) is 0.353. The summed E-state index contributed by atoms with van der Waals surface area (Å²) < 4.78 is 0. The highest BCUT2D eigenvalue weighted by molar-refractivity contribution is 7.25. The van der Waals surface area contributed by atoms with Crippen molar-refractivity contribution < 1.29 is 0 Å². The highest BCUT2D eigenvalue weighted by Gasteiger charge is 2.21. The molecule has 0 aliphatic heterocycles. The Morgan fingerprint density at radius 3 is 0.763 bits per heavy atom. The molecule has 0 aliphatic rings. The largest absolute Gasteiger partial charge is 0.139 e. The van der Waals surface area contributed by atoms with E-state index in [1.54, 1.807) is 0 Å². The standard InChI is InChI=1S/C68H74S8/c1-5-9-13-17-21-49-27-33-61(69-49)65-41-37-57(73-65)47-25-31-53(59-39-43-67(75-59)63-35-29-51(71-63)23-19-15-11-7-3)55(45-47)56-46-48(58-38-42-66(74-58)62-34-28-50(70-62)22-18-14-10-6-2)26-32-54(56)60-40-44-68(76-60)64-36-30-52(72-64)24-20-16-12-8-4/h25-46H,5-24H2,1-4H3. The molecule has 2 aromatic carbocycles. The number of hydrogen-bond acceptors (Lipinski definition) is 8. The first-order valence-corrected chi connectivity index (χ1v) is 35.1. The minimum atomic E-state index is 1.18. The van der Waals surface area contributed by atoms with Gasteiger partial charge in [0.05, 0.1) is 0 Å². The van der Waals surface area contributed by atoms with Crippen molar-refractivity contribution in [3.05, 3.63) is 153 Å². The van der Waals surface area contributed by atoms with Crippen LogP contribution < -0.4 is 0 Å². The van der Waals surface area contributed by atoms with Crippen LogP contribution in [-0.4, -0.2) is 0 Å². The lowest BCUT2D eigenvalue weighted by Gasteiger charge is -2.16. The van der Waals surface area contributed by atoms with Crippen molar-refractivity contribution in [2.75, 3.05) is 0 Å². The second kappa shape index (κ2) is 27.8. The maximum atomic E-state index is 2.53. The van der Waals surface area contributed by atoms with Gasteiger partial charge in [-0.2, -0.15) is 0 Å². The molecule has 10 rings (SSSR count). The molecule has 394 valence electrons. The maximum Gasteiger partial charge on any atom is 0.0449 e. The van der Waals surface area contributed by atoms with Crippen molar-refractivity contribution in [3.8, 4) is 91.9 Å². The summed E-state index contributed by atoms with van der Waals surface area (Å²) >= 11 is 15.7. The van der Waals surface area contributed by atoms with Crippen molar-refractivity contribution in [1.29, 1.82) is 0 Å². The van der Waals surface area contributed by atoms with Gasteiger partial charge in [-0.25, -0.2) is 0 Å². The Bertz CT molecular complexity index is 3140. The van der Waals surface area contributed by atoms with Gasteiger partial charge in [0.25, 0.3) is 0 Å². The van der Waals surface area contributed by atoms with Crippen LogP contribution in [0.2, 0.25) is 0 Å². The molecule has 0 fully saturated rings. The van der Waals surface area contributed by atoms with E-state index in [1.165, 1.54) is 240 Å². The lowest BCUT2D eigenvalue weighted by atomic mass is 9.90. The summed E-state index contributed by atoms with van der Waals surface area (Å²) in [5.41, 5.74) is 7.77.